The summed E-state index contributed by atoms with van der Waals surface area (Å²) in [6, 6.07) is 0. The lowest BCUT2D eigenvalue weighted by Gasteiger charge is -2.28. The lowest BCUT2D eigenvalue weighted by molar-refractivity contribution is -0.870. The van der Waals surface area contributed by atoms with E-state index in [0.717, 1.165) is 32.1 Å². The van der Waals surface area contributed by atoms with E-state index in [1.54, 1.807) is 0 Å². The third-order valence-electron chi connectivity index (χ3n) is 7.13. The Bertz CT molecular complexity index is 713. The summed E-state index contributed by atoms with van der Waals surface area (Å²) in [5.74, 6) is -0.839. The average Bonchev–Trinajstić information content (AvgIpc) is 2.92. The molecule has 0 fully saturated rings. The molecule has 0 N–H and O–H groups in total. The van der Waals surface area contributed by atoms with Crippen LogP contribution in [0, 0.1) is 0 Å². The first-order valence-corrected chi connectivity index (χ1v) is 18.2. The fourth-order valence-corrected chi connectivity index (χ4v) is 5.15. The summed E-state index contributed by atoms with van der Waals surface area (Å²) in [6.45, 7) is 4.15. The highest BCUT2D eigenvalue weighted by molar-refractivity contribution is 7.45. The molecule has 2 atom stereocenters. The quantitative estimate of drug-likeness (QED) is 0.0351. The van der Waals surface area contributed by atoms with E-state index in [9.17, 15) is 19.0 Å². The number of carbonyl (C=O) groups is 2. The van der Waals surface area contributed by atoms with Gasteiger partial charge in [-0.3, -0.25) is 14.2 Å². The maximum absolute atomic E-state index is 12.5. The van der Waals surface area contributed by atoms with Crippen LogP contribution < -0.4 is 4.89 Å². The van der Waals surface area contributed by atoms with E-state index < -0.39 is 26.5 Å². The Labute approximate surface area is 257 Å². The molecule has 0 bridgehead atoms. The van der Waals surface area contributed by atoms with Gasteiger partial charge in [0.2, 0.25) is 0 Å². The number of carbonyl (C=O) groups excluding carboxylic acids is 2. The smallest absolute Gasteiger partial charge is 0.306 e. The second-order valence-corrected chi connectivity index (χ2v) is 14.0. The van der Waals surface area contributed by atoms with Crippen molar-refractivity contribution in [2.75, 3.05) is 47.5 Å². The van der Waals surface area contributed by atoms with Gasteiger partial charge in [-0.2, -0.15) is 0 Å². The Morgan fingerprint density at radius 2 is 1.07 bits per heavy atom. The lowest BCUT2D eigenvalue weighted by Crippen LogP contribution is -2.37. The average molecular weight is 622 g/mol. The summed E-state index contributed by atoms with van der Waals surface area (Å²) in [5.41, 5.74) is 0. The molecule has 0 aromatic carbocycles. The minimum atomic E-state index is -4.60. The molecule has 0 aliphatic heterocycles. The number of quaternary nitrogens is 1. The van der Waals surface area contributed by atoms with Crippen molar-refractivity contribution in [3.8, 4) is 0 Å². The molecular weight excluding hydrogens is 557 g/mol. The number of phosphoric ester groups is 1. The van der Waals surface area contributed by atoms with Gasteiger partial charge >= 0.3 is 11.9 Å². The van der Waals surface area contributed by atoms with Gasteiger partial charge in [0, 0.05) is 12.8 Å². The molecular formula is C32H64NO8P. The Morgan fingerprint density at radius 3 is 1.52 bits per heavy atom. The van der Waals surface area contributed by atoms with Gasteiger partial charge in [-0.15, -0.1) is 0 Å². The topological polar surface area (TPSA) is 111 Å². The minimum absolute atomic E-state index is 0.0268. The van der Waals surface area contributed by atoms with Crippen LogP contribution in [0.3, 0.4) is 0 Å². The molecule has 0 aliphatic rings. The molecule has 0 aliphatic carbocycles. The van der Waals surface area contributed by atoms with Crippen LogP contribution in [0.4, 0.5) is 0 Å². The van der Waals surface area contributed by atoms with E-state index in [0.29, 0.717) is 17.4 Å². The standard InChI is InChI=1S/C32H64NO8P/c1-6-8-10-12-14-15-16-17-19-21-23-25-32(35)41-30(29-40-42(36,37)39-27-26-33(3,4)5)28-38-31(34)24-22-20-18-13-11-9-7-2/h30H,6-29H2,1-5H3/t30-/m1/s1. The molecule has 0 spiro atoms. The van der Waals surface area contributed by atoms with Crippen LogP contribution in [-0.4, -0.2) is 70.0 Å². The number of unbranched alkanes of at least 4 members (excludes halogenated alkanes) is 16. The first kappa shape index (κ1) is 41.0. The van der Waals surface area contributed by atoms with Crippen LogP contribution in [0.2, 0.25) is 0 Å². The molecule has 10 heteroatoms. The molecule has 0 rings (SSSR count). The summed E-state index contributed by atoms with van der Waals surface area (Å²) in [4.78, 5) is 37.0. The van der Waals surface area contributed by atoms with Crippen LogP contribution in [0.25, 0.3) is 0 Å². The minimum Gasteiger partial charge on any atom is -0.756 e. The summed E-state index contributed by atoms with van der Waals surface area (Å²) in [7, 11) is 1.17. The van der Waals surface area contributed by atoms with E-state index in [1.165, 1.54) is 77.0 Å². The summed E-state index contributed by atoms with van der Waals surface area (Å²) in [5, 5.41) is 0. The number of hydrogen-bond donors (Lipinski definition) is 0. The molecule has 0 saturated heterocycles. The predicted octanol–water partition coefficient (Wildman–Crippen LogP) is 7.49. The van der Waals surface area contributed by atoms with Crippen molar-refractivity contribution < 1.29 is 42.1 Å². The Hall–Kier alpha value is -0.990. The second kappa shape index (κ2) is 26.4. The van der Waals surface area contributed by atoms with Crippen LogP contribution >= 0.6 is 7.82 Å². The van der Waals surface area contributed by atoms with Crippen LogP contribution in [0.1, 0.15) is 142 Å². The Kier molecular flexibility index (Phi) is 25.8. The fourth-order valence-electron chi connectivity index (χ4n) is 4.42. The lowest BCUT2D eigenvalue weighted by atomic mass is 10.1. The molecule has 0 saturated carbocycles. The van der Waals surface area contributed by atoms with Crippen molar-refractivity contribution in [3.05, 3.63) is 0 Å². The van der Waals surface area contributed by atoms with E-state index >= 15 is 0 Å². The molecule has 0 amide bonds. The Balaban J connectivity index is 4.49. The predicted molar refractivity (Wildman–Crippen MR) is 167 cm³/mol. The van der Waals surface area contributed by atoms with Crippen molar-refractivity contribution in [3.63, 3.8) is 0 Å². The van der Waals surface area contributed by atoms with Gasteiger partial charge in [-0.1, -0.05) is 117 Å². The molecule has 42 heavy (non-hydrogen) atoms. The van der Waals surface area contributed by atoms with Gasteiger partial charge in [0.15, 0.2) is 6.10 Å². The molecule has 0 heterocycles. The van der Waals surface area contributed by atoms with Crippen LogP contribution in [0.5, 0.6) is 0 Å². The number of likely N-dealkylation sites (N-methyl/N-ethyl adjacent to an activating group) is 1. The van der Waals surface area contributed by atoms with Crippen LogP contribution in [-0.2, 0) is 32.7 Å². The van der Waals surface area contributed by atoms with Crippen molar-refractivity contribution >= 4 is 19.8 Å². The number of hydrogen-bond acceptors (Lipinski definition) is 8. The number of ether oxygens (including phenoxy) is 2. The van der Waals surface area contributed by atoms with Gasteiger partial charge < -0.3 is 27.9 Å². The molecule has 0 aromatic rings. The fraction of sp³-hybridized carbons (Fsp3) is 0.938. The largest absolute Gasteiger partial charge is 0.756 e. The molecule has 9 nitrogen and oxygen atoms in total. The summed E-state index contributed by atoms with van der Waals surface area (Å²) in [6.07, 6.45) is 20.0. The Morgan fingerprint density at radius 1 is 0.643 bits per heavy atom. The first-order valence-electron chi connectivity index (χ1n) is 16.7. The van der Waals surface area contributed by atoms with Gasteiger partial charge in [-0.25, -0.2) is 0 Å². The number of esters is 2. The van der Waals surface area contributed by atoms with E-state index in [-0.39, 0.29) is 32.0 Å². The van der Waals surface area contributed by atoms with Gasteiger partial charge in [0.25, 0.3) is 7.82 Å². The third kappa shape index (κ3) is 29.1. The highest BCUT2D eigenvalue weighted by atomic mass is 31.2. The van der Waals surface area contributed by atoms with Crippen molar-refractivity contribution in [2.24, 2.45) is 0 Å². The number of phosphoric acid groups is 1. The van der Waals surface area contributed by atoms with Gasteiger partial charge in [0.05, 0.1) is 27.7 Å². The zero-order chi connectivity index (χ0) is 31.5. The first-order chi connectivity index (χ1) is 20.0. The summed E-state index contributed by atoms with van der Waals surface area (Å²) >= 11 is 0. The molecule has 250 valence electrons. The summed E-state index contributed by atoms with van der Waals surface area (Å²) < 4.78 is 33.5. The van der Waals surface area contributed by atoms with Crippen LogP contribution in [0.15, 0.2) is 0 Å². The second-order valence-electron chi connectivity index (χ2n) is 12.5. The highest BCUT2D eigenvalue weighted by Crippen LogP contribution is 2.38. The van der Waals surface area contributed by atoms with Gasteiger partial charge in [0.1, 0.15) is 19.8 Å². The normalized spacial score (nSPS) is 14.0. The van der Waals surface area contributed by atoms with Crippen molar-refractivity contribution in [1.82, 2.24) is 0 Å². The third-order valence-corrected chi connectivity index (χ3v) is 8.09. The number of rotatable bonds is 30. The monoisotopic (exact) mass is 621 g/mol. The number of nitrogens with zero attached hydrogens (tertiary/aromatic N) is 1. The highest BCUT2D eigenvalue weighted by Gasteiger charge is 2.21. The van der Waals surface area contributed by atoms with Crippen molar-refractivity contribution in [2.45, 2.75) is 148 Å². The molecule has 0 radical (unpaired) electrons. The van der Waals surface area contributed by atoms with Gasteiger partial charge in [-0.05, 0) is 12.8 Å². The van der Waals surface area contributed by atoms with E-state index in [1.807, 2.05) is 21.1 Å². The van der Waals surface area contributed by atoms with E-state index in [2.05, 4.69) is 13.8 Å². The maximum atomic E-state index is 12.5. The zero-order valence-electron chi connectivity index (χ0n) is 27.7. The van der Waals surface area contributed by atoms with Crippen molar-refractivity contribution in [1.29, 1.82) is 0 Å². The van der Waals surface area contributed by atoms with E-state index in [4.69, 9.17) is 18.5 Å². The molecule has 1 unspecified atom stereocenters. The SMILES string of the molecule is CCCCCCCCCCCCCC(=O)O[C@H](COC(=O)CCCCCCCCC)COP(=O)([O-])OCC[N+](C)(C)C. The zero-order valence-corrected chi connectivity index (χ0v) is 28.6. The maximum Gasteiger partial charge on any atom is 0.306 e. The molecule has 0 aromatic heterocycles.